The Morgan fingerprint density at radius 2 is 1.92 bits per heavy atom. The quantitative estimate of drug-likeness (QED) is 0.473. The fraction of sp³-hybridized carbons (Fsp3) is 0.714. The molecule has 0 aliphatic rings. The SMILES string of the molecule is COC(=O)CCN(C(N)=O)N(C)C. The molecule has 0 aliphatic carbocycles. The van der Waals surface area contributed by atoms with Gasteiger partial charge in [0.05, 0.1) is 13.5 Å². The Balaban J connectivity index is 3.97. The molecule has 2 amide bonds. The van der Waals surface area contributed by atoms with Crippen LogP contribution in [0.2, 0.25) is 0 Å². The summed E-state index contributed by atoms with van der Waals surface area (Å²) in [6.45, 7) is 0.231. The smallest absolute Gasteiger partial charge is 0.329 e. The molecule has 0 heterocycles. The zero-order valence-electron chi connectivity index (χ0n) is 8.11. The molecule has 0 atom stereocenters. The number of nitrogens with two attached hydrogens (primary N) is 1. The lowest BCUT2D eigenvalue weighted by molar-refractivity contribution is -0.141. The first kappa shape index (κ1) is 11.7. The summed E-state index contributed by atoms with van der Waals surface area (Å²) in [5.74, 6) is -0.367. The first-order chi connectivity index (χ1) is 5.99. The molecule has 0 fully saturated rings. The third-order valence-electron chi connectivity index (χ3n) is 1.49. The number of urea groups is 1. The highest BCUT2D eigenvalue weighted by Crippen LogP contribution is 1.94. The Morgan fingerprint density at radius 1 is 1.38 bits per heavy atom. The highest BCUT2D eigenvalue weighted by atomic mass is 16.5. The minimum Gasteiger partial charge on any atom is -0.469 e. The van der Waals surface area contributed by atoms with E-state index in [-0.39, 0.29) is 18.9 Å². The molecule has 0 aromatic rings. The van der Waals surface area contributed by atoms with Gasteiger partial charge in [-0.3, -0.25) is 9.80 Å². The van der Waals surface area contributed by atoms with Crippen molar-refractivity contribution in [1.29, 1.82) is 0 Å². The van der Waals surface area contributed by atoms with E-state index in [0.29, 0.717) is 0 Å². The van der Waals surface area contributed by atoms with Crippen LogP contribution in [0.5, 0.6) is 0 Å². The summed E-state index contributed by atoms with van der Waals surface area (Å²) in [7, 11) is 4.64. The molecular formula is C7H15N3O3. The fourth-order valence-corrected chi connectivity index (χ4v) is 0.807. The highest BCUT2D eigenvalue weighted by molar-refractivity contribution is 5.73. The maximum absolute atomic E-state index is 10.8. The number of hydrogen-bond acceptors (Lipinski definition) is 4. The van der Waals surface area contributed by atoms with Crippen LogP contribution >= 0.6 is 0 Å². The molecule has 6 nitrogen and oxygen atoms in total. The number of hydrogen-bond donors (Lipinski definition) is 1. The largest absolute Gasteiger partial charge is 0.469 e. The number of nitrogens with zero attached hydrogens (tertiary/aromatic N) is 2. The van der Waals surface area contributed by atoms with E-state index in [4.69, 9.17) is 5.73 Å². The molecule has 0 radical (unpaired) electrons. The minimum atomic E-state index is -0.589. The molecule has 0 saturated carbocycles. The lowest BCUT2D eigenvalue weighted by Crippen LogP contribution is -2.46. The van der Waals surface area contributed by atoms with Crippen molar-refractivity contribution in [3.63, 3.8) is 0 Å². The van der Waals surface area contributed by atoms with E-state index in [1.165, 1.54) is 17.1 Å². The van der Waals surface area contributed by atoms with Gasteiger partial charge in [-0.2, -0.15) is 0 Å². The van der Waals surface area contributed by atoms with Crippen LogP contribution in [-0.4, -0.2) is 49.8 Å². The number of amides is 2. The molecule has 0 aromatic heterocycles. The van der Waals surface area contributed by atoms with E-state index >= 15 is 0 Å². The molecule has 2 N–H and O–H groups in total. The van der Waals surface area contributed by atoms with Gasteiger partial charge in [0.15, 0.2) is 0 Å². The molecule has 13 heavy (non-hydrogen) atoms. The van der Waals surface area contributed by atoms with E-state index in [2.05, 4.69) is 4.74 Å². The van der Waals surface area contributed by atoms with E-state index in [0.717, 1.165) is 0 Å². The van der Waals surface area contributed by atoms with Gasteiger partial charge in [0, 0.05) is 20.6 Å². The molecule has 6 heteroatoms. The number of esters is 1. The van der Waals surface area contributed by atoms with Crippen molar-refractivity contribution < 1.29 is 14.3 Å². The van der Waals surface area contributed by atoms with Crippen molar-refractivity contribution in [2.45, 2.75) is 6.42 Å². The first-order valence-corrected chi connectivity index (χ1v) is 3.80. The molecule has 0 bridgehead atoms. The van der Waals surface area contributed by atoms with Gasteiger partial charge >= 0.3 is 12.0 Å². The van der Waals surface area contributed by atoms with Crippen LogP contribution < -0.4 is 5.73 Å². The summed E-state index contributed by atoms with van der Waals surface area (Å²) in [5, 5.41) is 2.77. The van der Waals surface area contributed by atoms with Crippen molar-refractivity contribution >= 4 is 12.0 Å². The van der Waals surface area contributed by atoms with Crippen molar-refractivity contribution in [1.82, 2.24) is 10.0 Å². The number of methoxy groups -OCH3 is 1. The number of ether oxygens (including phenoxy) is 1. The van der Waals surface area contributed by atoms with Crippen molar-refractivity contribution in [2.75, 3.05) is 27.7 Å². The molecular weight excluding hydrogens is 174 g/mol. The lowest BCUT2D eigenvalue weighted by Gasteiger charge is -2.26. The summed E-state index contributed by atoms with van der Waals surface area (Å²) in [6.07, 6.45) is 0.137. The highest BCUT2D eigenvalue weighted by Gasteiger charge is 2.13. The Labute approximate surface area is 77.2 Å². The van der Waals surface area contributed by atoms with Gasteiger partial charge in [-0.1, -0.05) is 0 Å². The van der Waals surface area contributed by atoms with Gasteiger partial charge < -0.3 is 10.5 Å². The normalized spacial score (nSPS) is 9.85. The summed E-state index contributed by atoms with van der Waals surface area (Å²) >= 11 is 0. The Morgan fingerprint density at radius 3 is 2.23 bits per heavy atom. The third-order valence-corrected chi connectivity index (χ3v) is 1.49. The van der Waals surface area contributed by atoms with Gasteiger partial charge in [0.1, 0.15) is 0 Å². The average molecular weight is 189 g/mol. The van der Waals surface area contributed by atoms with Crippen molar-refractivity contribution in [3.05, 3.63) is 0 Å². The predicted molar refractivity (Wildman–Crippen MR) is 46.6 cm³/mol. The fourth-order valence-electron chi connectivity index (χ4n) is 0.807. The van der Waals surface area contributed by atoms with Crippen LogP contribution in [0.4, 0.5) is 4.79 Å². The van der Waals surface area contributed by atoms with Crippen LogP contribution in [0.15, 0.2) is 0 Å². The second-order valence-electron chi connectivity index (χ2n) is 2.63. The first-order valence-electron chi connectivity index (χ1n) is 3.80. The van der Waals surface area contributed by atoms with Gasteiger partial charge in [-0.05, 0) is 0 Å². The van der Waals surface area contributed by atoms with Gasteiger partial charge in [0.2, 0.25) is 0 Å². The molecule has 0 saturated heterocycles. The van der Waals surface area contributed by atoms with Gasteiger partial charge in [-0.15, -0.1) is 0 Å². The van der Waals surface area contributed by atoms with Crippen LogP contribution in [0.25, 0.3) is 0 Å². The topological polar surface area (TPSA) is 75.9 Å². The number of hydrazine groups is 1. The third kappa shape index (κ3) is 4.32. The van der Waals surface area contributed by atoms with Crippen molar-refractivity contribution in [2.24, 2.45) is 5.73 Å². The zero-order chi connectivity index (χ0) is 10.4. The summed E-state index contributed by atoms with van der Waals surface area (Å²) < 4.78 is 4.42. The van der Waals surface area contributed by atoms with Gasteiger partial charge in [-0.25, -0.2) is 9.80 Å². The lowest BCUT2D eigenvalue weighted by atomic mass is 10.4. The maximum atomic E-state index is 10.8. The summed E-state index contributed by atoms with van der Waals surface area (Å²) in [5.41, 5.74) is 5.06. The maximum Gasteiger partial charge on any atom is 0.329 e. The standard InChI is InChI=1S/C7H15N3O3/c1-9(2)10(7(8)12)5-4-6(11)13-3/h4-5H2,1-3H3,(H2,8,12). The molecule has 0 aliphatic heterocycles. The van der Waals surface area contributed by atoms with Crippen LogP contribution in [0.3, 0.4) is 0 Å². The monoisotopic (exact) mass is 189 g/mol. The van der Waals surface area contributed by atoms with E-state index in [1.807, 2.05) is 0 Å². The van der Waals surface area contributed by atoms with Gasteiger partial charge in [0.25, 0.3) is 0 Å². The summed E-state index contributed by atoms with van der Waals surface area (Å²) in [4.78, 5) is 21.5. The van der Waals surface area contributed by atoms with E-state index in [1.54, 1.807) is 14.1 Å². The Hall–Kier alpha value is -1.30. The minimum absolute atomic E-state index is 0.137. The number of carbonyl (C=O) groups excluding carboxylic acids is 2. The number of carbonyl (C=O) groups is 2. The van der Waals surface area contributed by atoms with E-state index < -0.39 is 6.03 Å². The number of rotatable bonds is 4. The Bertz CT molecular complexity index is 193. The average Bonchev–Trinajstić information content (AvgIpc) is 2.03. The van der Waals surface area contributed by atoms with Crippen LogP contribution in [0, 0.1) is 0 Å². The zero-order valence-corrected chi connectivity index (χ0v) is 8.11. The second kappa shape index (κ2) is 5.36. The number of primary amides is 1. The van der Waals surface area contributed by atoms with Crippen LogP contribution in [-0.2, 0) is 9.53 Å². The Kier molecular flexibility index (Phi) is 4.83. The molecule has 76 valence electrons. The second-order valence-corrected chi connectivity index (χ2v) is 2.63. The molecule has 0 aromatic carbocycles. The van der Waals surface area contributed by atoms with Crippen molar-refractivity contribution in [3.8, 4) is 0 Å². The van der Waals surface area contributed by atoms with Crippen LogP contribution in [0.1, 0.15) is 6.42 Å². The summed E-state index contributed by atoms with van der Waals surface area (Å²) in [6, 6.07) is -0.589. The van der Waals surface area contributed by atoms with E-state index in [9.17, 15) is 9.59 Å². The molecule has 0 unspecified atom stereocenters. The molecule has 0 spiro atoms. The predicted octanol–water partition coefficient (Wildman–Crippen LogP) is -0.593. The molecule has 0 rings (SSSR count).